The molecule has 0 aliphatic carbocycles. The van der Waals surface area contributed by atoms with Crippen molar-refractivity contribution in [1.29, 1.82) is 0 Å². The number of halogens is 1. The third kappa shape index (κ3) is 2.68. The molecular formula is C12H14BrN3O. The fraction of sp³-hybridized carbons (Fsp3) is 0.250. The summed E-state index contributed by atoms with van der Waals surface area (Å²) in [5, 5.41) is 4.47. The van der Waals surface area contributed by atoms with Crippen LogP contribution in [0.2, 0.25) is 0 Å². The summed E-state index contributed by atoms with van der Waals surface area (Å²) < 4.78 is 7.93. The Morgan fingerprint density at radius 3 is 2.65 bits per heavy atom. The summed E-state index contributed by atoms with van der Waals surface area (Å²) in [4.78, 5) is 0. The molecule has 1 aromatic heterocycles. The van der Waals surface area contributed by atoms with E-state index in [1.807, 2.05) is 35.1 Å². The average Bonchev–Trinajstić information content (AvgIpc) is 2.72. The van der Waals surface area contributed by atoms with Gasteiger partial charge in [0, 0.05) is 12.6 Å². The van der Waals surface area contributed by atoms with E-state index in [9.17, 15) is 0 Å². The molecule has 0 aliphatic heterocycles. The number of nitrogens with two attached hydrogens (primary N) is 1. The Kier molecular flexibility index (Phi) is 3.81. The maximum atomic E-state index is 5.53. The molecule has 0 bridgehead atoms. The Hall–Kier alpha value is -1.33. The number of methoxy groups -OCH3 is 1. The lowest BCUT2D eigenvalue weighted by Crippen LogP contribution is -2.04. The van der Waals surface area contributed by atoms with Gasteiger partial charge in [-0.1, -0.05) is 0 Å². The van der Waals surface area contributed by atoms with E-state index >= 15 is 0 Å². The van der Waals surface area contributed by atoms with E-state index in [1.54, 1.807) is 7.11 Å². The highest BCUT2D eigenvalue weighted by Crippen LogP contribution is 2.20. The first-order valence-electron chi connectivity index (χ1n) is 5.33. The molecule has 2 N–H and O–H groups in total. The van der Waals surface area contributed by atoms with Crippen molar-refractivity contribution < 1.29 is 4.74 Å². The summed E-state index contributed by atoms with van der Waals surface area (Å²) in [5.74, 6) is 0.835. The molecular weight excluding hydrogens is 282 g/mol. The van der Waals surface area contributed by atoms with Gasteiger partial charge in [0.1, 0.15) is 5.75 Å². The second-order valence-electron chi connectivity index (χ2n) is 3.61. The van der Waals surface area contributed by atoms with Crippen LogP contribution in [0.15, 0.2) is 34.9 Å². The first-order chi connectivity index (χ1) is 8.24. The van der Waals surface area contributed by atoms with E-state index in [-0.39, 0.29) is 0 Å². The molecule has 0 amide bonds. The van der Waals surface area contributed by atoms with Crippen LogP contribution in [0.4, 0.5) is 0 Å². The van der Waals surface area contributed by atoms with Crippen molar-refractivity contribution in [1.82, 2.24) is 9.78 Å². The minimum absolute atomic E-state index is 0.595. The molecule has 2 rings (SSSR count). The molecule has 90 valence electrons. The highest BCUT2D eigenvalue weighted by atomic mass is 79.9. The number of aromatic nitrogens is 2. The van der Waals surface area contributed by atoms with Gasteiger partial charge in [-0.15, -0.1) is 0 Å². The zero-order chi connectivity index (χ0) is 12.3. The average molecular weight is 296 g/mol. The number of nitrogens with zero attached hydrogens (tertiary/aromatic N) is 2. The monoisotopic (exact) mass is 295 g/mol. The zero-order valence-electron chi connectivity index (χ0n) is 9.56. The largest absolute Gasteiger partial charge is 0.497 e. The summed E-state index contributed by atoms with van der Waals surface area (Å²) in [6.07, 6.45) is 2.70. The van der Waals surface area contributed by atoms with Crippen LogP contribution in [0.25, 0.3) is 5.69 Å². The Morgan fingerprint density at radius 2 is 2.06 bits per heavy atom. The van der Waals surface area contributed by atoms with Crippen LogP contribution in [0.1, 0.15) is 5.69 Å². The second kappa shape index (κ2) is 5.33. The predicted octanol–water partition coefficient (Wildman–Crippen LogP) is 2.14. The molecule has 0 fully saturated rings. The van der Waals surface area contributed by atoms with Crippen molar-refractivity contribution in [3.05, 3.63) is 40.6 Å². The van der Waals surface area contributed by atoms with Crippen molar-refractivity contribution in [2.24, 2.45) is 5.73 Å². The summed E-state index contributed by atoms with van der Waals surface area (Å²) in [5.41, 5.74) is 7.50. The fourth-order valence-corrected chi connectivity index (χ4v) is 2.03. The van der Waals surface area contributed by atoms with Crippen LogP contribution in [-0.2, 0) is 6.42 Å². The minimum Gasteiger partial charge on any atom is -0.497 e. The highest BCUT2D eigenvalue weighted by molar-refractivity contribution is 9.10. The van der Waals surface area contributed by atoms with Gasteiger partial charge in [0.2, 0.25) is 0 Å². The highest BCUT2D eigenvalue weighted by Gasteiger charge is 2.06. The lowest BCUT2D eigenvalue weighted by molar-refractivity contribution is 0.414. The van der Waals surface area contributed by atoms with Gasteiger partial charge in [-0.05, 0) is 46.7 Å². The van der Waals surface area contributed by atoms with Gasteiger partial charge >= 0.3 is 0 Å². The Balaban J connectivity index is 2.29. The molecule has 1 heterocycles. The van der Waals surface area contributed by atoms with Crippen LogP contribution in [-0.4, -0.2) is 23.4 Å². The lowest BCUT2D eigenvalue weighted by Gasteiger charge is -2.03. The molecule has 4 nitrogen and oxygen atoms in total. The summed E-state index contributed by atoms with van der Waals surface area (Å²) in [6, 6.07) is 7.75. The van der Waals surface area contributed by atoms with Gasteiger partial charge in [-0.3, -0.25) is 0 Å². The van der Waals surface area contributed by atoms with Crippen molar-refractivity contribution in [3.8, 4) is 11.4 Å². The van der Waals surface area contributed by atoms with Crippen molar-refractivity contribution in [3.63, 3.8) is 0 Å². The van der Waals surface area contributed by atoms with Crippen LogP contribution in [0.5, 0.6) is 5.75 Å². The molecule has 0 atom stereocenters. The molecule has 0 saturated heterocycles. The van der Waals surface area contributed by atoms with Crippen LogP contribution < -0.4 is 10.5 Å². The summed E-state index contributed by atoms with van der Waals surface area (Å²) in [6.45, 7) is 0.595. The third-order valence-corrected chi connectivity index (χ3v) is 3.12. The zero-order valence-corrected chi connectivity index (χ0v) is 11.1. The van der Waals surface area contributed by atoms with Crippen LogP contribution >= 0.6 is 15.9 Å². The number of rotatable bonds is 4. The molecule has 0 unspecified atom stereocenters. The lowest BCUT2D eigenvalue weighted by atomic mass is 10.3. The standard InChI is InChI=1S/C12H14BrN3O/c1-17-10-4-2-9(3-5-10)16-8-11(13)12(15-16)6-7-14/h2-5,8H,6-7,14H2,1H3. The number of hydrogen-bond acceptors (Lipinski definition) is 3. The van der Waals surface area contributed by atoms with Crippen molar-refractivity contribution in [2.45, 2.75) is 6.42 Å². The molecule has 0 aliphatic rings. The maximum absolute atomic E-state index is 5.53. The van der Waals surface area contributed by atoms with E-state index in [4.69, 9.17) is 10.5 Å². The van der Waals surface area contributed by atoms with Crippen LogP contribution in [0.3, 0.4) is 0 Å². The molecule has 0 spiro atoms. The number of ether oxygens (including phenoxy) is 1. The van der Waals surface area contributed by atoms with E-state index in [0.717, 1.165) is 28.0 Å². The van der Waals surface area contributed by atoms with Gasteiger partial charge in [-0.2, -0.15) is 5.10 Å². The Labute approximate surface area is 109 Å². The number of hydrogen-bond donors (Lipinski definition) is 1. The topological polar surface area (TPSA) is 53.1 Å². The SMILES string of the molecule is COc1ccc(-n2cc(Br)c(CCN)n2)cc1. The maximum Gasteiger partial charge on any atom is 0.119 e. The molecule has 0 saturated carbocycles. The minimum atomic E-state index is 0.595. The third-order valence-electron chi connectivity index (χ3n) is 2.46. The van der Waals surface area contributed by atoms with Crippen molar-refractivity contribution in [2.75, 3.05) is 13.7 Å². The molecule has 5 heteroatoms. The predicted molar refractivity (Wildman–Crippen MR) is 70.6 cm³/mol. The van der Waals surface area contributed by atoms with Gasteiger partial charge in [0.15, 0.2) is 0 Å². The fourth-order valence-electron chi connectivity index (χ4n) is 1.56. The van der Waals surface area contributed by atoms with Gasteiger partial charge in [-0.25, -0.2) is 4.68 Å². The molecule has 1 aromatic carbocycles. The van der Waals surface area contributed by atoms with E-state index in [0.29, 0.717) is 6.54 Å². The van der Waals surface area contributed by atoms with E-state index < -0.39 is 0 Å². The van der Waals surface area contributed by atoms with Crippen molar-refractivity contribution >= 4 is 15.9 Å². The smallest absolute Gasteiger partial charge is 0.119 e. The second-order valence-corrected chi connectivity index (χ2v) is 4.46. The van der Waals surface area contributed by atoms with Gasteiger partial charge in [0.25, 0.3) is 0 Å². The van der Waals surface area contributed by atoms with E-state index in [1.165, 1.54) is 0 Å². The Morgan fingerprint density at radius 1 is 1.35 bits per heavy atom. The van der Waals surface area contributed by atoms with Crippen LogP contribution in [0, 0.1) is 0 Å². The normalized spacial score (nSPS) is 10.5. The quantitative estimate of drug-likeness (QED) is 0.940. The summed E-state index contributed by atoms with van der Waals surface area (Å²) in [7, 11) is 1.65. The van der Waals surface area contributed by atoms with Gasteiger partial charge in [0.05, 0.1) is 23.0 Å². The molecule has 0 radical (unpaired) electrons. The van der Waals surface area contributed by atoms with Gasteiger partial charge < -0.3 is 10.5 Å². The number of benzene rings is 1. The summed E-state index contributed by atoms with van der Waals surface area (Å²) >= 11 is 3.48. The Bertz CT molecular complexity index is 493. The first kappa shape index (κ1) is 12.1. The molecule has 17 heavy (non-hydrogen) atoms. The first-order valence-corrected chi connectivity index (χ1v) is 6.12. The molecule has 2 aromatic rings. The van der Waals surface area contributed by atoms with E-state index in [2.05, 4.69) is 21.0 Å².